The first kappa shape index (κ1) is 18.7. The maximum absolute atomic E-state index is 13.3. The highest BCUT2D eigenvalue weighted by atomic mass is 19.4. The van der Waals surface area contributed by atoms with Crippen LogP contribution in [0.25, 0.3) is 0 Å². The number of hydrogen-bond acceptors (Lipinski definition) is 2. The molecule has 7 heteroatoms. The molecule has 0 spiro atoms. The van der Waals surface area contributed by atoms with Gasteiger partial charge in [-0.15, -0.1) is 0 Å². The molecule has 1 aromatic carbocycles. The van der Waals surface area contributed by atoms with Gasteiger partial charge in [0.05, 0.1) is 11.6 Å². The zero-order chi connectivity index (χ0) is 17.9. The van der Waals surface area contributed by atoms with Crippen LogP contribution in [-0.2, 0) is 15.7 Å². The number of alkyl halides is 3. The summed E-state index contributed by atoms with van der Waals surface area (Å²) >= 11 is 0. The molecule has 2 rings (SSSR count). The van der Waals surface area contributed by atoms with E-state index in [1.54, 1.807) is 6.92 Å². The topological polar surface area (TPSA) is 38.3 Å². The monoisotopic (exact) mass is 347 g/mol. The van der Waals surface area contributed by atoms with Crippen molar-refractivity contribution >= 4 is 5.91 Å². The summed E-state index contributed by atoms with van der Waals surface area (Å²) in [5.74, 6) is -1.59. The molecular weight excluding hydrogens is 326 g/mol. The van der Waals surface area contributed by atoms with E-state index in [0.29, 0.717) is 13.2 Å². The molecule has 1 saturated heterocycles. The first-order valence-electron chi connectivity index (χ1n) is 7.95. The third-order valence-corrected chi connectivity index (χ3v) is 4.54. The number of carbonyl (C=O) groups excluding carboxylic acids is 1. The highest BCUT2D eigenvalue weighted by molar-refractivity contribution is 5.79. The van der Waals surface area contributed by atoms with Crippen LogP contribution >= 0.6 is 0 Å². The van der Waals surface area contributed by atoms with Gasteiger partial charge in [0.25, 0.3) is 0 Å². The van der Waals surface area contributed by atoms with E-state index < -0.39 is 23.6 Å². The van der Waals surface area contributed by atoms with E-state index in [0.717, 1.165) is 25.0 Å². The maximum atomic E-state index is 13.3. The normalized spacial score (nSPS) is 18.9. The summed E-state index contributed by atoms with van der Waals surface area (Å²) in [5, 5.41) is 2.72. The largest absolute Gasteiger partial charge is 0.419 e. The van der Waals surface area contributed by atoms with Gasteiger partial charge in [-0.2, -0.15) is 13.2 Å². The minimum Gasteiger partial charge on any atom is -0.381 e. The van der Waals surface area contributed by atoms with Gasteiger partial charge in [-0.25, -0.2) is 4.39 Å². The molecule has 3 nitrogen and oxygen atoms in total. The Balaban J connectivity index is 2.06. The van der Waals surface area contributed by atoms with Gasteiger partial charge in [-0.05, 0) is 43.4 Å². The van der Waals surface area contributed by atoms with Gasteiger partial charge in [0.1, 0.15) is 5.82 Å². The van der Waals surface area contributed by atoms with Crippen molar-refractivity contribution < 1.29 is 27.1 Å². The van der Waals surface area contributed by atoms with Crippen molar-refractivity contribution in [3.63, 3.8) is 0 Å². The zero-order valence-electron chi connectivity index (χ0n) is 13.6. The van der Waals surface area contributed by atoms with Gasteiger partial charge in [-0.1, -0.05) is 13.0 Å². The van der Waals surface area contributed by atoms with Crippen molar-refractivity contribution in [2.24, 2.45) is 11.8 Å². The molecule has 1 amide bonds. The smallest absolute Gasteiger partial charge is 0.381 e. The third-order valence-electron chi connectivity index (χ3n) is 4.54. The average molecular weight is 347 g/mol. The Kier molecular flexibility index (Phi) is 5.85. The molecule has 0 unspecified atom stereocenters. The average Bonchev–Trinajstić information content (AvgIpc) is 2.54. The van der Waals surface area contributed by atoms with Gasteiger partial charge < -0.3 is 10.1 Å². The number of benzene rings is 1. The summed E-state index contributed by atoms with van der Waals surface area (Å²) < 4.78 is 57.0. The molecule has 1 N–H and O–H groups in total. The van der Waals surface area contributed by atoms with Crippen molar-refractivity contribution in [3.05, 3.63) is 35.1 Å². The van der Waals surface area contributed by atoms with E-state index in [1.165, 1.54) is 6.07 Å². The van der Waals surface area contributed by atoms with E-state index >= 15 is 0 Å². The van der Waals surface area contributed by atoms with Crippen molar-refractivity contribution in [3.8, 4) is 0 Å². The van der Waals surface area contributed by atoms with Crippen LogP contribution in [0.3, 0.4) is 0 Å². The maximum Gasteiger partial charge on any atom is 0.419 e. The summed E-state index contributed by atoms with van der Waals surface area (Å²) in [7, 11) is 0. The standard InChI is InChI=1S/C17H21F4NO2/c1-10(12-5-7-24-8-6-12)16(23)22-11(2)13-3-4-15(18)14(9-13)17(19,20)21/h3-4,9-12H,5-8H2,1-2H3,(H,22,23)/t10-,11+/m0/s1. The molecule has 0 saturated carbocycles. The molecule has 24 heavy (non-hydrogen) atoms. The lowest BCUT2D eigenvalue weighted by atomic mass is 9.86. The van der Waals surface area contributed by atoms with E-state index in [2.05, 4.69) is 5.32 Å². The van der Waals surface area contributed by atoms with Gasteiger partial charge in [0.2, 0.25) is 5.91 Å². The van der Waals surface area contributed by atoms with Crippen LogP contribution in [0.15, 0.2) is 18.2 Å². The molecule has 0 aliphatic carbocycles. The molecule has 0 bridgehead atoms. The highest BCUT2D eigenvalue weighted by Gasteiger charge is 2.35. The first-order chi connectivity index (χ1) is 11.2. The van der Waals surface area contributed by atoms with Crippen LogP contribution < -0.4 is 5.32 Å². The van der Waals surface area contributed by atoms with E-state index in [4.69, 9.17) is 4.74 Å². The number of halogens is 4. The van der Waals surface area contributed by atoms with Crippen molar-refractivity contribution in [2.45, 2.75) is 38.9 Å². The molecule has 1 fully saturated rings. The molecule has 1 heterocycles. The predicted molar refractivity (Wildman–Crippen MR) is 80.7 cm³/mol. The van der Waals surface area contributed by atoms with Crippen LogP contribution in [0.5, 0.6) is 0 Å². The first-order valence-corrected chi connectivity index (χ1v) is 7.95. The molecule has 1 aromatic rings. The Labute approximate surface area is 138 Å². The lowest BCUT2D eigenvalue weighted by Gasteiger charge is -2.28. The Morgan fingerprint density at radius 1 is 1.25 bits per heavy atom. The fourth-order valence-corrected chi connectivity index (χ4v) is 2.89. The zero-order valence-corrected chi connectivity index (χ0v) is 13.6. The van der Waals surface area contributed by atoms with Crippen molar-refractivity contribution in [2.75, 3.05) is 13.2 Å². The minimum absolute atomic E-state index is 0.199. The second-order valence-corrected chi connectivity index (χ2v) is 6.21. The SMILES string of the molecule is C[C@H](C(=O)N[C@H](C)c1ccc(F)c(C(F)(F)F)c1)C1CCOCC1. The van der Waals surface area contributed by atoms with Crippen LogP contribution in [0.1, 0.15) is 43.9 Å². The number of rotatable bonds is 4. The minimum atomic E-state index is -4.76. The number of hydrogen-bond donors (Lipinski definition) is 1. The summed E-state index contributed by atoms with van der Waals surface area (Å²) in [6, 6.07) is 2.15. The summed E-state index contributed by atoms with van der Waals surface area (Å²) in [5.41, 5.74) is -1.10. The fourth-order valence-electron chi connectivity index (χ4n) is 2.89. The molecule has 1 aliphatic rings. The molecule has 134 valence electrons. The fraction of sp³-hybridized carbons (Fsp3) is 0.588. The highest BCUT2D eigenvalue weighted by Crippen LogP contribution is 2.33. The summed E-state index contributed by atoms with van der Waals surface area (Å²) in [6.07, 6.45) is -3.19. The number of carbonyl (C=O) groups is 1. The quantitative estimate of drug-likeness (QED) is 0.834. The number of amides is 1. The lowest BCUT2D eigenvalue weighted by Crippen LogP contribution is -2.37. The van der Waals surface area contributed by atoms with Crippen LogP contribution in [0.4, 0.5) is 17.6 Å². The molecule has 2 atom stereocenters. The Bertz CT molecular complexity index is 582. The van der Waals surface area contributed by atoms with Crippen LogP contribution in [0, 0.1) is 17.7 Å². The second-order valence-electron chi connectivity index (χ2n) is 6.21. The van der Waals surface area contributed by atoms with E-state index in [1.807, 2.05) is 6.92 Å². The number of ether oxygens (including phenoxy) is 1. The summed E-state index contributed by atoms with van der Waals surface area (Å²) in [6.45, 7) is 4.63. The molecular formula is C17H21F4NO2. The molecule has 0 radical (unpaired) electrons. The predicted octanol–water partition coefficient (Wildman–Crippen LogP) is 4.08. The van der Waals surface area contributed by atoms with Crippen LogP contribution in [0.2, 0.25) is 0 Å². The second kappa shape index (κ2) is 7.51. The van der Waals surface area contributed by atoms with Gasteiger partial charge in [-0.3, -0.25) is 4.79 Å². The van der Waals surface area contributed by atoms with Gasteiger partial charge in [0, 0.05) is 19.1 Å². The molecule has 1 aliphatic heterocycles. The van der Waals surface area contributed by atoms with Crippen LogP contribution in [-0.4, -0.2) is 19.1 Å². The Morgan fingerprint density at radius 3 is 2.46 bits per heavy atom. The van der Waals surface area contributed by atoms with E-state index in [-0.39, 0.29) is 23.3 Å². The lowest BCUT2D eigenvalue weighted by molar-refractivity contribution is -0.140. The third kappa shape index (κ3) is 4.47. The van der Waals surface area contributed by atoms with Gasteiger partial charge >= 0.3 is 6.18 Å². The van der Waals surface area contributed by atoms with Crippen molar-refractivity contribution in [1.82, 2.24) is 5.32 Å². The summed E-state index contributed by atoms with van der Waals surface area (Å²) in [4.78, 5) is 12.3. The van der Waals surface area contributed by atoms with Crippen molar-refractivity contribution in [1.29, 1.82) is 0 Å². The molecule has 0 aromatic heterocycles. The Morgan fingerprint density at radius 2 is 1.88 bits per heavy atom. The van der Waals surface area contributed by atoms with Gasteiger partial charge in [0.15, 0.2) is 0 Å². The Hall–Kier alpha value is -1.63. The number of nitrogens with one attached hydrogen (secondary N) is 1. The van der Waals surface area contributed by atoms with E-state index in [9.17, 15) is 22.4 Å².